The molecule has 0 unspecified atom stereocenters. The molecular weight excluding hydrogens is 266 g/mol. The number of hydrogen-bond donors (Lipinski definition) is 0. The fourth-order valence-electron chi connectivity index (χ4n) is 2.63. The molecule has 0 aromatic heterocycles. The van der Waals surface area contributed by atoms with E-state index in [4.69, 9.17) is 11.6 Å². The number of nitro benzene ring substituents is 1. The molecule has 0 spiro atoms. The average molecular weight is 284 g/mol. The summed E-state index contributed by atoms with van der Waals surface area (Å²) < 4.78 is 0. The van der Waals surface area contributed by atoms with Crippen LogP contribution in [-0.2, 0) is 0 Å². The van der Waals surface area contributed by atoms with Gasteiger partial charge in [0.15, 0.2) is 0 Å². The summed E-state index contributed by atoms with van der Waals surface area (Å²) in [5.41, 5.74) is 0.772. The maximum absolute atomic E-state index is 11.1. The van der Waals surface area contributed by atoms with Gasteiger partial charge >= 0.3 is 0 Å². The van der Waals surface area contributed by atoms with Crippen molar-refractivity contribution < 1.29 is 4.92 Å². The predicted molar refractivity (Wildman–Crippen MR) is 77.0 cm³/mol. The minimum atomic E-state index is -0.361. The summed E-state index contributed by atoms with van der Waals surface area (Å²) in [5, 5.41) is 11.5. The third-order valence-electron chi connectivity index (χ3n) is 3.38. The first-order valence-electron chi connectivity index (χ1n) is 6.31. The van der Waals surface area contributed by atoms with Crippen LogP contribution in [0, 0.1) is 16.0 Å². The Bertz CT molecular complexity index is 479. The number of nitro groups is 1. The molecule has 0 amide bonds. The van der Waals surface area contributed by atoms with Crippen LogP contribution < -0.4 is 4.90 Å². The van der Waals surface area contributed by atoms with Crippen molar-refractivity contribution in [3.8, 4) is 0 Å². The van der Waals surface area contributed by atoms with E-state index < -0.39 is 0 Å². The van der Waals surface area contributed by atoms with Crippen molar-refractivity contribution in [2.75, 3.05) is 38.6 Å². The number of benzene rings is 1. The molecule has 0 aliphatic carbocycles. The molecule has 1 saturated heterocycles. The SMILES string of the molecule is CN(C)C[C@@H]1CCN(c2ccc(Cl)cc2[N+](=O)[O-])C1. The molecule has 104 valence electrons. The summed E-state index contributed by atoms with van der Waals surface area (Å²) in [4.78, 5) is 15.0. The highest BCUT2D eigenvalue weighted by atomic mass is 35.5. The Morgan fingerprint density at radius 3 is 2.89 bits per heavy atom. The van der Waals surface area contributed by atoms with Crippen LogP contribution >= 0.6 is 11.6 Å². The summed E-state index contributed by atoms with van der Waals surface area (Å²) in [6.45, 7) is 2.74. The number of rotatable bonds is 4. The first kappa shape index (κ1) is 14.1. The molecule has 1 fully saturated rings. The van der Waals surface area contributed by atoms with Crippen LogP contribution in [0.3, 0.4) is 0 Å². The quantitative estimate of drug-likeness (QED) is 0.630. The molecule has 2 rings (SSSR count). The Labute approximate surface area is 117 Å². The van der Waals surface area contributed by atoms with Gasteiger partial charge in [-0.3, -0.25) is 10.1 Å². The maximum Gasteiger partial charge on any atom is 0.294 e. The molecule has 5 nitrogen and oxygen atoms in total. The Morgan fingerprint density at radius 1 is 1.53 bits per heavy atom. The van der Waals surface area contributed by atoms with Crippen LogP contribution in [0.2, 0.25) is 5.02 Å². The fourth-order valence-corrected chi connectivity index (χ4v) is 2.79. The lowest BCUT2D eigenvalue weighted by atomic mass is 10.1. The third-order valence-corrected chi connectivity index (χ3v) is 3.62. The molecule has 19 heavy (non-hydrogen) atoms. The summed E-state index contributed by atoms with van der Waals surface area (Å²) in [5.74, 6) is 0.560. The second-order valence-electron chi connectivity index (χ2n) is 5.25. The topological polar surface area (TPSA) is 49.6 Å². The van der Waals surface area contributed by atoms with Gasteiger partial charge in [-0.05, 0) is 38.6 Å². The van der Waals surface area contributed by atoms with E-state index in [1.807, 2.05) is 14.1 Å². The molecule has 6 heteroatoms. The monoisotopic (exact) mass is 283 g/mol. The lowest BCUT2D eigenvalue weighted by Gasteiger charge is -2.20. The van der Waals surface area contributed by atoms with Crippen molar-refractivity contribution in [1.29, 1.82) is 0 Å². The Balaban J connectivity index is 2.17. The van der Waals surface area contributed by atoms with E-state index in [0.29, 0.717) is 16.6 Å². The van der Waals surface area contributed by atoms with Crippen LogP contribution in [0.15, 0.2) is 18.2 Å². The molecule has 1 aliphatic heterocycles. The second-order valence-corrected chi connectivity index (χ2v) is 5.69. The number of anilines is 1. The van der Waals surface area contributed by atoms with Gasteiger partial charge in [-0.25, -0.2) is 0 Å². The van der Waals surface area contributed by atoms with Crippen LogP contribution in [-0.4, -0.2) is 43.6 Å². The number of hydrogen-bond acceptors (Lipinski definition) is 4. The zero-order valence-corrected chi connectivity index (χ0v) is 11.9. The van der Waals surface area contributed by atoms with E-state index in [9.17, 15) is 10.1 Å². The number of nitrogens with zero attached hydrogens (tertiary/aromatic N) is 3. The highest BCUT2D eigenvalue weighted by Crippen LogP contribution is 2.34. The van der Waals surface area contributed by atoms with Crippen molar-refractivity contribution in [3.63, 3.8) is 0 Å². The molecule has 1 aromatic carbocycles. The van der Waals surface area contributed by atoms with Crippen molar-refractivity contribution in [2.24, 2.45) is 5.92 Å². The molecule has 0 bridgehead atoms. The summed E-state index contributed by atoms with van der Waals surface area (Å²) in [6.07, 6.45) is 1.07. The maximum atomic E-state index is 11.1. The minimum absolute atomic E-state index is 0.0954. The van der Waals surface area contributed by atoms with Gasteiger partial charge < -0.3 is 9.80 Å². The second kappa shape index (κ2) is 5.75. The normalized spacial score (nSPS) is 19.2. The van der Waals surface area contributed by atoms with Gasteiger partial charge in [-0.2, -0.15) is 0 Å². The van der Waals surface area contributed by atoms with Gasteiger partial charge in [0.2, 0.25) is 0 Å². The van der Waals surface area contributed by atoms with E-state index in [1.165, 1.54) is 6.07 Å². The van der Waals surface area contributed by atoms with E-state index in [2.05, 4.69) is 9.80 Å². The standard InChI is InChI=1S/C13H18ClN3O2/c1-15(2)8-10-5-6-16(9-10)12-4-3-11(14)7-13(12)17(18)19/h3-4,7,10H,5-6,8-9H2,1-2H3/t10-/m0/s1. The first-order chi connectivity index (χ1) is 8.97. The van der Waals surface area contributed by atoms with Crippen LogP contribution in [0.25, 0.3) is 0 Å². The Kier molecular flexibility index (Phi) is 4.27. The van der Waals surface area contributed by atoms with E-state index in [0.717, 1.165) is 26.1 Å². The van der Waals surface area contributed by atoms with Crippen molar-refractivity contribution in [2.45, 2.75) is 6.42 Å². The predicted octanol–water partition coefficient (Wildman–Crippen LogP) is 2.64. The lowest BCUT2D eigenvalue weighted by Crippen LogP contribution is -2.26. The van der Waals surface area contributed by atoms with E-state index in [1.54, 1.807) is 12.1 Å². The van der Waals surface area contributed by atoms with Gasteiger partial charge in [0.25, 0.3) is 5.69 Å². The molecule has 1 aliphatic rings. The molecule has 0 saturated carbocycles. The van der Waals surface area contributed by atoms with Crippen LogP contribution in [0.5, 0.6) is 0 Å². The van der Waals surface area contributed by atoms with Gasteiger partial charge in [0, 0.05) is 30.7 Å². The average Bonchev–Trinajstić information content (AvgIpc) is 2.76. The highest BCUT2D eigenvalue weighted by Gasteiger charge is 2.27. The molecule has 0 N–H and O–H groups in total. The Morgan fingerprint density at radius 2 is 2.26 bits per heavy atom. The minimum Gasteiger partial charge on any atom is -0.366 e. The molecule has 1 aromatic rings. The molecule has 1 atom stereocenters. The zero-order chi connectivity index (χ0) is 14.0. The zero-order valence-electron chi connectivity index (χ0n) is 11.2. The third kappa shape index (κ3) is 3.36. The van der Waals surface area contributed by atoms with E-state index >= 15 is 0 Å². The highest BCUT2D eigenvalue weighted by molar-refractivity contribution is 6.30. The van der Waals surface area contributed by atoms with E-state index in [-0.39, 0.29) is 10.6 Å². The first-order valence-corrected chi connectivity index (χ1v) is 6.69. The van der Waals surface area contributed by atoms with Crippen LogP contribution in [0.1, 0.15) is 6.42 Å². The van der Waals surface area contributed by atoms with Crippen LogP contribution in [0.4, 0.5) is 11.4 Å². The van der Waals surface area contributed by atoms with Gasteiger partial charge in [-0.15, -0.1) is 0 Å². The smallest absolute Gasteiger partial charge is 0.294 e. The fraction of sp³-hybridized carbons (Fsp3) is 0.538. The summed E-state index contributed by atoms with van der Waals surface area (Å²) >= 11 is 5.84. The van der Waals surface area contributed by atoms with Crippen molar-refractivity contribution >= 4 is 23.0 Å². The summed E-state index contributed by atoms with van der Waals surface area (Å²) in [7, 11) is 4.10. The lowest BCUT2D eigenvalue weighted by molar-refractivity contribution is -0.384. The Hall–Kier alpha value is -1.33. The van der Waals surface area contributed by atoms with Gasteiger partial charge in [0.05, 0.1) is 4.92 Å². The largest absolute Gasteiger partial charge is 0.366 e. The van der Waals surface area contributed by atoms with Crippen molar-refractivity contribution in [3.05, 3.63) is 33.3 Å². The summed E-state index contributed by atoms with van der Waals surface area (Å²) in [6, 6.07) is 4.89. The molecule has 1 heterocycles. The van der Waals surface area contributed by atoms with Crippen molar-refractivity contribution in [1.82, 2.24) is 4.90 Å². The van der Waals surface area contributed by atoms with Gasteiger partial charge in [-0.1, -0.05) is 11.6 Å². The molecular formula is C13H18ClN3O2. The number of halogens is 1. The van der Waals surface area contributed by atoms with Gasteiger partial charge in [0.1, 0.15) is 5.69 Å². The molecule has 0 radical (unpaired) electrons.